The first kappa shape index (κ1) is 25.7. The first-order chi connectivity index (χ1) is 18.2. The van der Waals surface area contributed by atoms with Gasteiger partial charge in [0.2, 0.25) is 11.8 Å². The molecule has 3 fully saturated rings. The Hall–Kier alpha value is -2.59. The summed E-state index contributed by atoms with van der Waals surface area (Å²) in [5, 5.41) is 4.16. The molecule has 2 aromatic rings. The van der Waals surface area contributed by atoms with Crippen LogP contribution in [0.1, 0.15) is 76.0 Å². The molecule has 2 aromatic carbocycles. The lowest BCUT2D eigenvalue weighted by Crippen LogP contribution is -2.54. The van der Waals surface area contributed by atoms with E-state index in [0.29, 0.717) is 29.2 Å². The summed E-state index contributed by atoms with van der Waals surface area (Å²) in [4.78, 5) is 28.4. The number of benzene rings is 2. The quantitative estimate of drug-likeness (QED) is 0.456. The Morgan fingerprint density at radius 3 is 2.42 bits per heavy atom. The fourth-order valence-electron chi connectivity index (χ4n) is 8.91. The van der Waals surface area contributed by atoms with E-state index in [0.717, 1.165) is 49.7 Å². The Kier molecular flexibility index (Phi) is 6.45. The Balaban J connectivity index is 1.25. The van der Waals surface area contributed by atoms with Crippen LogP contribution in [0.5, 0.6) is 0 Å². The van der Waals surface area contributed by atoms with E-state index in [1.807, 2.05) is 54.4 Å². The highest BCUT2D eigenvalue weighted by Crippen LogP contribution is 2.66. The number of rotatable bonds is 4. The summed E-state index contributed by atoms with van der Waals surface area (Å²) >= 11 is 6.18. The molecule has 1 unspecified atom stereocenters. The summed E-state index contributed by atoms with van der Waals surface area (Å²) in [5.41, 5.74) is 3.45. The molecule has 2 amide bonds. The van der Waals surface area contributed by atoms with Gasteiger partial charge in [0.15, 0.2) is 0 Å². The van der Waals surface area contributed by atoms with Gasteiger partial charge in [-0.3, -0.25) is 9.59 Å². The highest BCUT2D eigenvalue weighted by Gasteiger charge is 2.60. The molecule has 3 aliphatic carbocycles. The predicted octanol–water partition coefficient (Wildman–Crippen LogP) is 7.15. The molecule has 200 valence electrons. The van der Waals surface area contributed by atoms with Gasteiger partial charge >= 0.3 is 0 Å². The largest absolute Gasteiger partial charge is 0.345 e. The first-order valence-corrected chi connectivity index (χ1v) is 14.7. The van der Waals surface area contributed by atoms with Gasteiger partial charge in [0, 0.05) is 35.5 Å². The molecule has 1 heterocycles. The third-order valence-electron chi connectivity index (χ3n) is 11.0. The zero-order valence-electron chi connectivity index (χ0n) is 22.8. The number of carbonyl (C=O) groups is 2. The average molecular weight is 531 g/mol. The molecule has 7 atom stereocenters. The van der Waals surface area contributed by atoms with E-state index in [-0.39, 0.29) is 34.6 Å². The highest BCUT2D eigenvalue weighted by atomic mass is 35.5. The summed E-state index contributed by atoms with van der Waals surface area (Å²) in [6.45, 7) is 4.79. The third-order valence-corrected chi connectivity index (χ3v) is 11.2. The Morgan fingerprint density at radius 1 is 0.974 bits per heavy atom. The number of piperidine rings is 1. The van der Waals surface area contributed by atoms with Crippen molar-refractivity contribution in [3.05, 3.63) is 82.5 Å². The van der Waals surface area contributed by atoms with Crippen LogP contribution in [0.15, 0.2) is 66.4 Å². The zero-order valence-corrected chi connectivity index (χ0v) is 23.5. The molecule has 4 aliphatic rings. The molecule has 4 nitrogen and oxygen atoms in total. The molecule has 1 aliphatic heterocycles. The van der Waals surface area contributed by atoms with Crippen LogP contribution >= 0.6 is 11.6 Å². The van der Waals surface area contributed by atoms with E-state index in [9.17, 15) is 9.59 Å². The lowest BCUT2D eigenvalue weighted by molar-refractivity contribution is -0.138. The maximum Gasteiger partial charge on any atom is 0.226 e. The van der Waals surface area contributed by atoms with E-state index < -0.39 is 0 Å². The van der Waals surface area contributed by atoms with E-state index in [2.05, 4.69) is 37.4 Å². The monoisotopic (exact) mass is 530 g/mol. The van der Waals surface area contributed by atoms with Gasteiger partial charge in [0.25, 0.3) is 0 Å². The van der Waals surface area contributed by atoms with Crippen molar-refractivity contribution in [3.8, 4) is 0 Å². The van der Waals surface area contributed by atoms with Crippen LogP contribution in [-0.2, 0) is 9.59 Å². The van der Waals surface area contributed by atoms with Crippen molar-refractivity contribution < 1.29 is 9.59 Å². The van der Waals surface area contributed by atoms with Crippen LogP contribution < -0.4 is 5.32 Å². The number of nitrogens with one attached hydrogen (secondary N) is 1. The van der Waals surface area contributed by atoms with Crippen molar-refractivity contribution in [2.45, 2.75) is 64.8 Å². The first-order valence-electron chi connectivity index (χ1n) is 14.3. The molecule has 5 heteroatoms. The van der Waals surface area contributed by atoms with E-state index in [4.69, 9.17) is 11.6 Å². The Bertz CT molecular complexity index is 1260. The number of carbonyl (C=O) groups excluding carboxylic acids is 2. The number of allylic oxidation sites excluding steroid dienone is 2. The summed E-state index contributed by atoms with van der Waals surface area (Å²) in [5.74, 6) is 2.16. The summed E-state index contributed by atoms with van der Waals surface area (Å²) in [6, 6.07) is 17.9. The van der Waals surface area contributed by atoms with Crippen molar-refractivity contribution >= 4 is 23.4 Å². The van der Waals surface area contributed by atoms with Gasteiger partial charge in [-0.25, -0.2) is 0 Å². The lowest BCUT2D eigenvalue weighted by atomic mass is 9.49. The van der Waals surface area contributed by atoms with Crippen molar-refractivity contribution in [2.75, 3.05) is 7.05 Å². The number of halogens is 1. The molecule has 38 heavy (non-hydrogen) atoms. The predicted molar refractivity (Wildman–Crippen MR) is 151 cm³/mol. The standard InChI is InChI=1S/C33H39ClN2O2/c1-32-19-17-26-24(13-16-28-33(26,2)20-18-29(37)36(28)3)25(32)14-15-27(32)31(38)35-30(21-7-5-4-6-8-21)22-9-11-23(34)12-10-22/h4-12,16,24-27,30H,13-15,17-20H2,1-3H3,(H,35,38)/t24-,25-,26-,27+,30?,32-,33+/m0/s1. The summed E-state index contributed by atoms with van der Waals surface area (Å²) < 4.78 is 0. The number of nitrogens with zero attached hydrogens (tertiary/aromatic N) is 1. The number of hydrogen-bond donors (Lipinski definition) is 1. The Labute approximate surface area is 231 Å². The third kappa shape index (κ3) is 4.02. The number of fused-ring (bicyclic) bond motifs is 5. The second-order valence-corrected chi connectivity index (χ2v) is 13.1. The van der Waals surface area contributed by atoms with Crippen LogP contribution in [0.3, 0.4) is 0 Å². The van der Waals surface area contributed by atoms with Gasteiger partial charge in [-0.2, -0.15) is 0 Å². The normalized spacial score (nSPS) is 35.0. The van der Waals surface area contributed by atoms with Gasteiger partial charge in [-0.15, -0.1) is 0 Å². The van der Waals surface area contributed by atoms with Gasteiger partial charge in [-0.1, -0.05) is 74.0 Å². The highest BCUT2D eigenvalue weighted by molar-refractivity contribution is 6.30. The molecule has 1 N–H and O–H groups in total. The molecular formula is C33H39ClN2O2. The van der Waals surface area contributed by atoms with Gasteiger partial charge in [0.05, 0.1) is 6.04 Å². The Morgan fingerprint density at radius 2 is 1.68 bits per heavy atom. The summed E-state index contributed by atoms with van der Waals surface area (Å²) in [6.07, 6.45) is 9.26. The number of likely N-dealkylation sites (tertiary alicyclic amines) is 1. The SMILES string of the molecule is CN1C(=O)CC[C@@]2(C)C1=CC[C@H]1[C@@H]3CC[C@H](C(=O)NC(c4ccccc4)c4ccc(Cl)cc4)[C@@]3(C)CC[C@@H]12. The summed E-state index contributed by atoms with van der Waals surface area (Å²) in [7, 11) is 1.96. The van der Waals surface area contributed by atoms with E-state index in [1.54, 1.807) is 0 Å². The molecule has 1 saturated heterocycles. The number of amides is 2. The van der Waals surface area contributed by atoms with E-state index >= 15 is 0 Å². The number of hydrogen-bond acceptors (Lipinski definition) is 2. The minimum Gasteiger partial charge on any atom is -0.345 e. The van der Waals surface area contributed by atoms with Crippen molar-refractivity contribution in [3.63, 3.8) is 0 Å². The van der Waals surface area contributed by atoms with Gasteiger partial charge < -0.3 is 10.2 Å². The van der Waals surface area contributed by atoms with Crippen molar-refractivity contribution in [2.24, 2.45) is 34.5 Å². The van der Waals surface area contributed by atoms with Gasteiger partial charge in [-0.05, 0) is 85.0 Å². The van der Waals surface area contributed by atoms with Crippen LogP contribution in [-0.4, -0.2) is 23.8 Å². The second kappa shape index (κ2) is 9.55. The maximum absolute atomic E-state index is 14.1. The van der Waals surface area contributed by atoms with Crippen molar-refractivity contribution in [1.82, 2.24) is 10.2 Å². The fraction of sp³-hybridized carbons (Fsp3) is 0.515. The molecule has 0 bridgehead atoms. The lowest BCUT2D eigenvalue weighted by Gasteiger charge is -2.58. The van der Waals surface area contributed by atoms with Crippen LogP contribution in [0.4, 0.5) is 0 Å². The molecule has 0 radical (unpaired) electrons. The minimum atomic E-state index is -0.200. The fourth-order valence-corrected chi connectivity index (χ4v) is 9.04. The maximum atomic E-state index is 14.1. The second-order valence-electron chi connectivity index (χ2n) is 12.7. The van der Waals surface area contributed by atoms with Crippen molar-refractivity contribution in [1.29, 1.82) is 0 Å². The molecule has 0 spiro atoms. The minimum absolute atomic E-state index is 0.00454. The molecular weight excluding hydrogens is 492 g/mol. The van der Waals surface area contributed by atoms with Gasteiger partial charge in [0.1, 0.15) is 0 Å². The molecule has 6 rings (SSSR count). The molecule has 2 saturated carbocycles. The average Bonchev–Trinajstić information content (AvgIpc) is 3.28. The topological polar surface area (TPSA) is 49.4 Å². The smallest absolute Gasteiger partial charge is 0.226 e. The zero-order chi connectivity index (χ0) is 26.7. The van der Waals surface area contributed by atoms with Crippen LogP contribution in [0.25, 0.3) is 0 Å². The molecule has 0 aromatic heterocycles. The van der Waals surface area contributed by atoms with Crippen LogP contribution in [0, 0.1) is 34.5 Å². The van der Waals surface area contributed by atoms with E-state index in [1.165, 1.54) is 5.70 Å². The van der Waals surface area contributed by atoms with Crippen LogP contribution in [0.2, 0.25) is 5.02 Å².